The Balaban J connectivity index is 0.00000261. The maximum absolute atomic E-state index is 12.8. The summed E-state index contributed by atoms with van der Waals surface area (Å²) in [4.78, 5) is 12.7. The minimum absolute atomic E-state index is 0. The Morgan fingerprint density at radius 1 is 1.15 bits per heavy atom. The molecule has 1 saturated heterocycles. The topological polar surface area (TPSA) is 87.3 Å². The van der Waals surface area contributed by atoms with E-state index in [9.17, 15) is 13.2 Å². The molecule has 0 aromatic heterocycles. The molecule has 0 spiro atoms. The van der Waals surface area contributed by atoms with Crippen LogP contribution in [0.1, 0.15) is 13.8 Å². The summed E-state index contributed by atoms with van der Waals surface area (Å²) in [6, 6.07) is 11.7. The van der Waals surface area contributed by atoms with Gasteiger partial charge in [0.05, 0.1) is 4.90 Å². The molecular formula is C19H26ClN3O3S. The van der Waals surface area contributed by atoms with Crippen molar-refractivity contribution in [2.24, 2.45) is 11.8 Å². The Labute approximate surface area is 166 Å². The number of halogens is 1. The lowest BCUT2D eigenvalue weighted by Crippen LogP contribution is -2.53. The van der Waals surface area contributed by atoms with Gasteiger partial charge in [0.25, 0.3) is 0 Å². The smallest absolute Gasteiger partial charge is 0.241 e. The standard InChI is InChI=1S/C19H25N3O3S.ClH/c1-13(2)18(19(23)21-12-14-10-20-11-14)22-26(24,25)17-8-7-15-5-3-4-6-16(15)9-17;/h3-9,13-14,18,20,22H,10-12H2,1-2H3,(H,21,23);1H. The largest absolute Gasteiger partial charge is 0.354 e. The van der Waals surface area contributed by atoms with Crippen molar-refractivity contribution in [3.05, 3.63) is 42.5 Å². The Hall–Kier alpha value is -1.67. The predicted molar refractivity (Wildman–Crippen MR) is 110 cm³/mol. The van der Waals surface area contributed by atoms with Crippen LogP contribution in [-0.4, -0.2) is 40.0 Å². The van der Waals surface area contributed by atoms with Crippen LogP contribution in [0, 0.1) is 11.8 Å². The third-order valence-electron chi connectivity index (χ3n) is 4.69. The van der Waals surface area contributed by atoms with Gasteiger partial charge >= 0.3 is 0 Å². The van der Waals surface area contributed by atoms with Crippen LogP contribution in [0.3, 0.4) is 0 Å². The molecule has 1 atom stereocenters. The monoisotopic (exact) mass is 411 g/mol. The van der Waals surface area contributed by atoms with Crippen molar-refractivity contribution < 1.29 is 13.2 Å². The number of benzene rings is 2. The van der Waals surface area contributed by atoms with Crippen molar-refractivity contribution in [3.8, 4) is 0 Å². The van der Waals surface area contributed by atoms with Crippen molar-refractivity contribution in [2.75, 3.05) is 19.6 Å². The van der Waals surface area contributed by atoms with Gasteiger partial charge in [-0.1, -0.05) is 44.2 Å². The van der Waals surface area contributed by atoms with E-state index in [-0.39, 0.29) is 29.1 Å². The molecule has 1 fully saturated rings. The lowest BCUT2D eigenvalue weighted by molar-refractivity contribution is -0.123. The van der Waals surface area contributed by atoms with Crippen LogP contribution in [-0.2, 0) is 14.8 Å². The second kappa shape index (κ2) is 9.01. The molecule has 2 aromatic rings. The van der Waals surface area contributed by atoms with Gasteiger partial charge in [0.2, 0.25) is 15.9 Å². The number of rotatable bonds is 7. The molecule has 0 saturated carbocycles. The summed E-state index contributed by atoms with van der Waals surface area (Å²) < 4.78 is 28.2. The first-order valence-corrected chi connectivity index (χ1v) is 10.3. The van der Waals surface area contributed by atoms with Gasteiger partial charge in [-0.25, -0.2) is 8.42 Å². The highest BCUT2D eigenvalue weighted by Crippen LogP contribution is 2.19. The number of sulfonamides is 1. The number of amides is 1. The van der Waals surface area contributed by atoms with Gasteiger partial charge in [0.15, 0.2) is 0 Å². The Morgan fingerprint density at radius 2 is 1.81 bits per heavy atom. The van der Waals surface area contributed by atoms with Crippen LogP contribution in [0.5, 0.6) is 0 Å². The number of carbonyl (C=O) groups is 1. The maximum atomic E-state index is 12.8. The molecule has 0 bridgehead atoms. The van der Waals surface area contributed by atoms with Gasteiger partial charge in [-0.3, -0.25) is 4.79 Å². The molecule has 0 aliphatic carbocycles. The fourth-order valence-electron chi connectivity index (χ4n) is 2.91. The Kier molecular flexibility index (Phi) is 7.22. The van der Waals surface area contributed by atoms with Gasteiger partial charge in [0, 0.05) is 25.6 Å². The molecule has 6 nitrogen and oxygen atoms in total. The molecule has 1 aliphatic rings. The summed E-state index contributed by atoms with van der Waals surface area (Å²) in [6.45, 7) is 5.99. The van der Waals surface area contributed by atoms with E-state index in [0.29, 0.717) is 12.5 Å². The van der Waals surface area contributed by atoms with Crippen molar-refractivity contribution in [2.45, 2.75) is 24.8 Å². The first kappa shape index (κ1) is 21.6. The van der Waals surface area contributed by atoms with E-state index in [1.54, 1.807) is 18.2 Å². The molecule has 3 N–H and O–H groups in total. The number of carbonyl (C=O) groups excluding carboxylic acids is 1. The Bertz CT molecular complexity index is 898. The Morgan fingerprint density at radius 3 is 2.41 bits per heavy atom. The van der Waals surface area contributed by atoms with E-state index in [0.717, 1.165) is 23.9 Å². The number of nitrogens with one attached hydrogen (secondary N) is 3. The summed E-state index contributed by atoms with van der Waals surface area (Å²) in [5.41, 5.74) is 0. The molecule has 27 heavy (non-hydrogen) atoms. The number of hydrogen-bond acceptors (Lipinski definition) is 4. The molecule has 0 radical (unpaired) electrons. The highest BCUT2D eigenvalue weighted by atomic mass is 35.5. The molecular weight excluding hydrogens is 386 g/mol. The quantitative estimate of drug-likeness (QED) is 0.649. The van der Waals surface area contributed by atoms with Gasteiger partial charge in [-0.2, -0.15) is 4.72 Å². The van der Waals surface area contributed by atoms with Gasteiger partial charge < -0.3 is 10.6 Å². The lowest BCUT2D eigenvalue weighted by Gasteiger charge is -2.28. The highest BCUT2D eigenvalue weighted by molar-refractivity contribution is 7.89. The van der Waals surface area contributed by atoms with Crippen LogP contribution in [0.25, 0.3) is 10.8 Å². The van der Waals surface area contributed by atoms with Crippen molar-refractivity contribution in [1.82, 2.24) is 15.4 Å². The predicted octanol–water partition coefficient (Wildman–Crippen LogP) is 1.90. The highest BCUT2D eigenvalue weighted by Gasteiger charge is 2.29. The van der Waals surface area contributed by atoms with Crippen molar-refractivity contribution >= 4 is 39.1 Å². The SMILES string of the molecule is CC(C)C(NS(=O)(=O)c1ccc2ccccc2c1)C(=O)NCC1CNC1.Cl. The second-order valence-corrected chi connectivity index (χ2v) is 8.84. The van der Waals surface area contributed by atoms with Crippen LogP contribution < -0.4 is 15.4 Å². The van der Waals surface area contributed by atoms with Crippen LogP contribution in [0.15, 0.2) is 47.4 Å². The molecule has 148 valence electrons. The van der Waals surface area contributed by atoms with Crippen molar-refractivity contribution in [3.63, 3.8) is 0 Å². The third-order valence-corrected chi connectivity index (χ3v) is 6.13. The first-order chi connectivity index (χ1) is 12.4. The van der Waals surface area contributed by atoms with Gasteiger partial charge in [-0.15, -0.1) is 12.4 Å². The molecule has 1 unspecified atom stereocenters. The summed E-state index contributed by atoms with van der Waals surface area (Å²) in [5.74, 6) is -0.0233. The van der Waals surface area contributed by atoms with Gasteiger partial charge in [0.1, 0.15) is 6.04 Å². The lowest BCUT2D eigenvalue weighted by atomic mass is 10.0. The maximum Gasteiger partial charge on any atom is 0.241 e. The molecule has 1 heterocycles. The molecule has 3 rings (SSSR count). The fraction of sp³-hybridized carbons (Fsp3) is 0.421. The van der Waals surface area contributed by atoms with Gasteiger partial charge in [-0.05, 0) is 28.8 Å². The number of hydrogen-bond donors (Lipinski definition) is 3. The van der Waals surface area contributed by atoms with Crippen LogP contribution >= 0.6 is 12.4 Å². The minimum atomic E-state index is -3.79. The zero-order valence-corrected chi connectivity index (χ0v) is 17.1. The van der Waals surface area contributed by atoms with E-state index in [4.69, 9.17) is 0 Å². The van der Waals surface area contributed by atoms with Crippen LogP contribution in [0.4, 0.5) is 0 Å². The van der Waals surface area contributed by atoms with E-state index < -0.39 is 16.1 Å². The minimum Gasteiger partial charge on any atom is -0.354 e. The summed E-state index contributed by atoms with van der Waals surface area (Å²) in [5, 5.41) is 7.83. The molecule has 2 aromatic carbocycles. The van der Waals surface area contributed by atoms with E-state index in [2.05, 4.69) is 15.4 Å². The molecule has 8 heteroatoms. The van der Waals surface area contributed by atoms with E-state index in [1.807, 2.05) is 38.1 Å². The van der Waals surface area contributed by atoms with E-state index in [1.165, 1.54) is 0 Å². The fourth-order valence-corrected chi connectivity index (χ4v) is 4.29. The molecule has 1 amide bonds. The zero-order chi connectivity index (χ0) is 18.7. The third kappa shape index (κ3) is 5.19. The summed E-state index contributed by atoms with van der Waals surface area (Å²) in [6.07, 6.45) is 0. The summed E-state index contributed by atoms with van der Waals surface area (Å²) >= 11 is 0. The molecule has 1 aliphatic heterocycles. The number of fused-ring (bicyclic) bond motifs is 1. The normalized spacial score (nSPS) is 15.8. The average molecular weight is 412 g/mol. The van der Waals surface area contributed by atoms with Crippen LogP contribution in [0.2, 0.25) is 0 Å². The first-order valence-electron chi connectivity index (χ1n) is 8.86. The zero-order valence-electron chi connectivity index (χ0n) is 15.4. The average Bonchev–Trinajstić information content (AvgIpc) is 2.57. The van der Waals surface area contributed by atoms with Crippen molar-refractivity contribution in [1.29, 1.82) is 0 Å². The summed E-state index contributed by atoms with van der Waals surface area (Å²) in [7, 11) is -3.79. The van der Waals surface area contributed by atoms with E-state index >= 15 is 0 Å². The second-order valence-electron chi connectivity index (χ2n) is 7.12.